The molecule has 1 aliphatic heterocycles. The monoisotopic (exact) mass is 314 g/mol. The molecule has 0 aliphatic carbocycles. The Morgan fingerprint density at radius 2 is 2.22 bits per heavy atom. The molecule has 0 aromatic carbocycles. The summed E-state index contributed by atoms with van der Waals surface area (Å²) in [5, 5.41) is 3.31. The number of nitrogens with one attached hydrogen (secondary N) is 1. The van der Waals surface area contributed by atoms with E-state index in [0.717, 1.165) is 56.8 Å². The molecule has 0 bridgehead atoms. The second-order valence-electron chi connectivity index (χ2n) is 5.92. The van der Waals surface area contributed by atoms with Gasteiger partial charge in [0, 0.05) is 25.5 Å². The van der Waals surface area contributed by atoms with Crippen LogP contribution in [0.3, 0.4) is 0 Å². The fraction of sp³-hybridized carbons (Fsp3) is 0.500. The first-order chi connectivity index (χ1) is 11.2. The lowest BCUT2D eigenvalue weighted by atomic mass is 9.97. The lowest BCUT2D eigenvalue weighted by molar-refractivity contribution is -0.123. The van der Waals surface area contributed by atoms with Crippen LogP contribution in [0, 0.1) is 5.92 Å². The van der Waals surface area contributed by atoms with Crippen molar-refractivity contribution in [2.75, 3.05) is 31.5 Å². The van der Waals surface area contributed by atoms with E-state index in [1.165, 1.54) is 0 Å². The van der Waals surface area contributed by atoms with Gasteiger partial charge in [-0.3, -0.25) is 9.78 Å². The number of likely N-dealkylation sites (tertiary alicyclic amines) is 1. The topological polar surface area (TPSA) is 97.0 Å². The Balaban J connectivity index is 1.44. The standard InChI is InChI=1S/C16H22N6O/c17-15(23)12-3-1-9-22(11-12)10-2-6-19-14-5-4-13-16(21-14)20-8-7-18-13/h4-5,7-8,12H,1-3,6,9-11H2,(H2,17,23)(H,19,20,21). The number of amides is 1. The zero-order chi connectivity index (χ0) is 16.1. The van der Waals surface area contributed by atoms with Crippen molar-refractivity contribution in [2.45, 2.75) is 19.3 Å². The van der Waals surface area contributed by atoms with Crippen LogP contribution in [0.15, 0.2) is 24.5 Å². The molecule has 7 nitrogen and oxygen atoms in total. The summed E-state index contributed by atoms with van der Waals surface area (Å²) in [6.45, 7) is 3.63. The van der Waals surface area contributed by atoms with Gasteiger partial charge in [0.05, 0.1) is 5.92 Å². The quantitative estimate of drug-likeness (QED) is 0.773. The summed E-state index contributed by atoms with van der Waals surface area (Å²) in [5.74, 6) is 0.651. The number of hydrogen-bond acceptors (Lipinski definition) is 6. The van der Waals surface area contributed by atoms with Gasteiger partial charge in [-0.15, -0.1) is 0 Å². The number of nitrogens with zero attached hydrogens (tertiary/aromatic N) is 4. The van der Waals surface area contributed by atoms with Crippen LogP contribution in [-0.4, -0.2) is 51.9 Å². The molecule has 1 fully saturated rings. The zero-order valence-electron chi connectivity index (χ0n) is 13.1. The van der Waals surface area contributed by atoms with E-state index in [1.807, 2.05) is 12.1 Å². The van der Waals surface area contributed by atoms with Gasteiger partial charge in [0.2, 0.25) is 5.91 Å². The van der Waals surface area contributed by atoms with Crippen molar-refractivity contribution >= 4 is 22.9 Å². The van der Waals surface area contributed by atoms with E-state index in [1.54, 1.807) is 12.4 Å². The molecular weight excluding hydrogens is 292 g/mol. The molecule has 1 saturated heterocycles. The van der Waals surface area contributed by atoms with E-state index in [4.69, 9.17) is 5.73 Å². The Kier molecular flexibility index (Phi) is 4.97. The molecule has 2 aromatic heterocycles. The minimum absolute atomic E-state index is 0.0115. The van der Waals surface area contributed by atoms with Crippen molar-refractivity contribution in [1.29, 1.82) is 0 Å². The molecule has 122 valence electrons. The maximum Gasteiger partial charge on any atom is 0.221 e. The Hall–Kier alpha value is -2.28. The van der Waals surface area contributed by atoms with Crippen LogP contribution in [0.2, 0.25) is 0 Å². The van der Waals surface area contributed by atoms with Crippen molar-refractivity contribution in [1.82, 2.24) is 19.9 Å². The minimum Gasteiger partial charge on any atom is -0.370 e. The lowest BCUT2D eigenvalue weighted by Crippen LogP contribution is -2.41. The number of carbonyl (C=O) groups excluding carboxylic acids is 1. The number of fused-ring (bicyclic) bond motifs is 1. The number of nitrogens with two attached hydrogens (primary N) is 1. The Morgan fingerprint density at radius 3 is 3.09 bits per heavy atom. The lowest BCUT2D eigenvalue weighted by Gasteiger charge is -2.31. The van der Waals surface area contributed by atoms with E-state index < -0.39 is 0 Å². The summed E-state index contributed by atoms with van der Waals surface area (Å²) in [6, 6.07) is 3.83. The van der Waals surface area contributed by atoms with Gasteiger partial charge >= 0.3 is 0 Å². The van der Waals surface area contributed by atoms with Crippen molar-refractivity contribution in [2.24, 2.45) is 11.7 Å². The molecule has 0 saturated carbocycles. The number of piperidine rings is 1. The highest BCUT2D eigenvalue weighted by Gasteiger charge is 2.23. The largest absolute Gasteiger partial charge is 0.370 e. The minimum atomic E-state index is -0.172. The predicted molar refractivity (Wildman–Crippen MR) is 88.8 cm³/mol. The van der Waals surface area contributed by atoms with Gasteiger partial charge in [-0.2, -0.15) is 0 Å². The molecule has 23 heavy (non-hydrogen) atoms. The fourth-order valence-corrected chi connectivity index (χ4v) is 2.96. The molecule has 1 atom stereocenters. The smallest absolute Gasteiger partial charge is 0.221 e. The normalized spacial score (nSPS) is 18.9. The van der Waals surface area contributed by atoms with Gasteiger partial charge in [-0.1, -0.05) is 0 Å². The number of aromatic nitrogens is 3. The molecule has 0 radical (unpaired) electrons. The van der Waals surface area contributed by atoms with Gasteiger partial charge in [0.1, 0.15) is 11.3 Å². The molecular formula is C16H22N6O. The summed E-state index contributed by atoms with van der Waals surface area (Å²) in [7, 11) is 0. The van der Waals surface area contributed by atoms with Crippen LogP contribution >= 0.6 is 0 Å². The highest BCUT2D eigenvalue weighted by molar-refractivity contribution is 5.77. The molecule has 1 unspecified atom stereocenters. The molecule has 2 aromatic rings. The second kappa shape index (κ2) is 7.32. The molecule has 3 heterocycles. The highest BCUT2D eigenvalue weighted by Crippen LogP contribution is 2.16. The Bertz CT molecular complexity index is 676. The molecule has 1 amide bonds. The molecule has 0 spiro atoms. The van der Waals surface area contributed by atoms with Crippen molar-refractivity contribution in [3.63, 3.8) is 0 Å². The highest BCUT2D eigenvalue weighted by atomic mass is 16.1. The number of anilines is 1. The summed E-state index contributed by atoms with van der Waals surface area (Å²) >= 11 is 0. The third-order valence-corrected chi connectivity index (χ3v) is 4.20. The molecule has 3 N–H and O–H groups in total. The number of pyridine rings is 1. The molecule has 1 aliphatic rings. The summed E-state index contributed by atoms with van der Waals surface area (Å²) in [5.41, 5.74) is 6.85. The summed E-state index contributed by atoms with van der Waals surface area (Å²) < 4.78 is 0. The molecule has 7 heteroatoms. The third-order valence-electron chi connectivity index (χ3n) is 4.20. The van der Waals surface area contributed by atoms with Gasteiger partial charge in [-0.25, -0.2) is 9.97 Å². The molecule has 3 rings (SSSR count). The van der Waals surface area contributed by atoms with E-state index in [-0.39, 0.29) is 11.8 Å². The van der Waals surface area contributed by atoms with Gasteiger partial charge in [0.15, 0.2) is 5.65 Å². The number of hydrogen-bond donors (Lipinski definition) is 2. The van der Waals surface area contributed by atoms with Crippen molar-refractivity contribution in [3.8, 4) is 0 Å². The van der Waals surface area contributed by atoms with Crippen molar-refractivity contribution < 1.29 is 4.79 Å². The predicted octanol–water partition coefficient (Wildman–Crippen LogP) is 1.02. The maximum absolute atomic E-state index is 11.3. The second-order valence-corrected chi connectivity index (χ2v) is 5.92. The Morgan fingerprint density at radius 1 is 1.35 bits per heavy atom. The van der Waals surface area contributed by atoms with Gasteiger partial charge in [-0.05, 0) is 44.5 Å². The first-order valence-corrected chi connectivity index (χ1v) is 8.06. The van der Waals surface area contributed by atoms with E-state index >= 15 is 0 Å². The number of carbonyl (C=O) groups is 1. The van der Waals surface area contributed by atoms with Gasteiger partial charge < -0.3 is 16.0 Å². The summed E-state index contributed by atoms with van der Waals surface area (Å²) in [4.78, 5) is 26.4. The van der Waals surface area contributed by atoms with E-state index in [0.29, 0.717) is 5.65 Å². The summed E-state index contributed by atoms with van der Waals surface area (Å²) in [6.07, 6.45) is 6.27. The first kappa shape index (κ1) is 15.6. The van der Waals surface area contributed by atoms with Gasteiger partial charge in [0.25, 0.3) is 0 Å². The average Bonchev–Trinajstić information content (AvgIpc) is 2.59. The first-order valence-electron chi connectivity index (χ1n) is 8.06. The average molecular weight is 314 g/mol. The zero-order valence-corrected chi connectivity index (χ0v) is 13.1. The Labute approximate surface area is 135 Å². The third kappa shape index (κ3) is 4.13. The maximum atomic E-state index is 11.3. The van der Waals surface area contributed by atoms with Crippen LogP contribution in [-0.2, 0) is 4.79 Å². The van der Waals surface area contributed by atoms with Crippen LogP contribution < -0.4 is 11.1 Å². The van der Waals surface area contributed by atoms with E-state index in [2.05, 4.69) is 25.2 Å². The van der Waals surface area contributed by atoms with Crippen LogP contribution in [0.4, 0.5) is 5.82 Å². The van der Waals surface area contributed by atoms with Crippen LogP contribution in [0.1, 0.15) is 19.3 Å². The van der Waals surface area contributed by atoms with E-state index in [9.17, 15) is 4.79 Å². The van der Waals surface area contributed by atoms with Crippen molar-refractivity contribution in [3.05, 3.63) is 24.5 Å². The number of primary amides is 1. The van der Waals surface area contributed by atoms with Crippen LogP contribution in [0.5, 0.6) is 0 Å². The number of rotatable bonds is 6. The van der Waals surface area contributed by atoms with Crippen LogP contribution in [0.25, 0.3) is 11.2 Å². The SMILES string of the molecule is NC(=O)C1CCCN(CCCNc2ccc3nccnc3n2)C1. The fourth-order valence-electron chi connectivity index (χ4n) is 2.96.